The third-order valence-electron chi connectivity index (χ3n) is 7.37. The van der Waals surface area contributed by atoms with Crippen LogP contribution in [0.15, 0.2) is 48.8 Å². The molecule has 2 aromatic heterocycles. The van der Waals surface area contributed by atoms with Gasteiger partial charge in [-0.25, -0.2) is 9.97 Å². The number of hydrogen-bond donors (Lipinski definition) is 4. The zero-order valence-electron chi connectivity index (χ0n) is 24.3. The summed E-state index contributed by atoms with van der Waals surface area (Å²) in [5.41, 5.74) is 1.27. The molecule has 4 aromatic rings. The number of anilines is 3. The van der Waals surface area contributed by atoms with Crippen molar-refractivity contribution in [3.05, 3.63) is 54.5 Å². The molecule has 1 aliphatic heterocycles. The fourth-order valence-corrected chi connectivity index (χ4v) is 5.07. The van der Waals surface area contributed by atoms with E-state index in [1.54, 1.807) is 25.3 Å². The van der Waals surface area contributed by atoms with E-state index in [0.29, 0.717) is 52.3 Å². The normalized spacial score (nSPS) is 14.1. The molecule has 14 heteroatoms. The van der Waals surface area contributed by atoms with Crippen molar-refractivity contribution in [2.24, 2.45) is 5.92 Å². The van der Waals surface area contributed by atoms with E-state index in [-0.39, 0.29) is 24.5 Å². The minimum absolute atomic E-state index is 0.0856. The monoisotopic (exact) mass is 611 g/mol. The number of H-pyrrole nitrogens is 1. The Bertz CT molecular complexity index is 1550. The molecule has 0 atom stereocenters. The largest absolute Gasteiger partial charge is 0.493 e. The van der Waals surface area contributed by atoms with Crippen molar-refractivity contribution in [1.29, 1.82) is 0 Å². The van der Waals surface area contributed by atoms with E-state index >= 15 is 0 Å². The molecule has 1 amide bonds. The first-order valence-electron chi connectivity index (χ1n) is 14.4. The van der Waals surface area contributed by atoms with E-state index in [9.17, 15) is 18.7 Å². The van der Waals surface area contributed by atoms with Crippen LogP contribution >= 0.6 is 0 Å². The molecule has 3 heterocycles. The number of aliphatic hydroxyl groups is 1. The zero-order valence-corrected chi connectivity index (χ0v) is 24.3. The molecule has 1 fully saturated rings. The van der Waals surface area contributed by atoms with Gasteiger partial charge in [0.15, 0.2) is 17.3 Å². The van der Waals surface area contributed by atoms with Gasteiger partial charge in [-0.1, -0.05) is 12.1 Å². The predicted molar refractivity (Wildman–Crippen MR) is 160 cm³/mol. The number of nitrogens with zero attached hydrogens (tertiary/aromatic N) is 4. The van der Waals surface area contributed by atoms with Gasteiger partial charge in [-0.2, -0.15) is 13.9 Å². The van der Waals surface area contributed by atoms with Gasteiger partial charge in [-0.05, 0) is 56.5 Å². The third-order valence-corrected chi connectivity index (χ3v) is 7.37. The van der Waals surface area contributed by atoms with Gasteiger partial charge in [0.25, 0.3) is 0 Å². The number of piperidine rings is 1. The van der Waals surface area contributed by atoms with Gasteiger partial charge in [0.1, 0.15) is 17.9 Å². The Morgan fingerprint density at radius 2 is 1.95 bits per heavy atom. The fraction of sp³-hybridized carbons (Fsp3) is 0.400. The topological polar surface area (TPSA) is 147 Å². The van der Waals surface area contributed by atoms with Crippen LogP contribution in [0.1, 0.15) is 25.0 Å². The lowest BCUT2D eigenvalue weighted by molar-refractivity contribution is -0.115. The number of hydrogen-bond acceptors (Lipinski definition) is 10. The van der Waals surface area contributed by atoms with E-state index < -0.39 is 12.5 Å². The van der Waals surface area contributed by atoms with Gasteiger partial charge in [0, 0.05) is 36.4 Å². The molecule has 234 valence electrons. The second-order valence-electron chi connectivity index (χ2n) is 10.4. The average molecular weight is 612 g/mol. The number of fused-ring (bicyclic) bond motifs is 1. The molecule has 0 bridgehead atoms. The molecule has 44 heavy (non-hydrogen) atoms. The number of ether oxygens (including phenoxy) is 3. The smallest absolute Gasteiger partial charge is 0.387 e. The van der Waals surface area contributed by atoms with Crippen LogP contribution < -0.4 is 24.8 Å². The van der Waals surface area contributed by atoms with Crippen LogP contribution in [0, 0.1) is 5.92 Å². The number of aromatic amines is 1. The molecule has 0 unspecified atom stereocenters. The highest BCUT2D eigenvalue weighted by Crippen LogP contribution is 2.35. The van der Waals surface area contributed by atoms with Gasteiger partial charge in [-0.3, -0.25) is 9.89 Å². The van der Waals surface area contributed by atoms with E-state index in [2.05, 4.69) is 40.4 Å². The fourth-order valence-electron chi connectivity index (χ4n) is 5.07. The summed E-state index contributed by atoms with van der Waals surface area (Å²) in [6.07, 6.45) is 4.25. The lowest BCUT2D eigenvalue weighted by atomic mass is 9.98. The van der Waals surface area contributed by atoms with Crippen molar-refractivity contribution in [3.8, 4) is 17.2 Å². The summed E-state index contributed by atoms with van der Waals surface area (Å²) in [6, 6.07) is 11.2. The number of methoxy groups -OCH3 is 1. The Labute approximate surface area is 252 Å². The lowest BCUT2D eigenvalue weighted by Crippen LogP contribution is -2.35. The quantitative estimate of drug-likeness (QED) is 0.152. The number of amides is 1. The first-order chi connectivity index (χ1) is 21.4. The Hall–Kier alpha value is -4.56. The number of alkyl halides is 2. The molecule has 0 spiro atoms. The molecule has 12 nitrogen and oxygen atoms in total. The van der Waals surface area contributed by atoms with Gasteiger partial charge < -0.3 is 34.9 Å². The minimum Gasteiger partial charge on any atom is -0.493 e. The maximum absolute atomic E-state index is 12.7. The first kappa shape index (κ1) is 30.9. The predicted octanol–water partition coefficient (Wildman–Crippen LogP) is 4.36. The number of carbonyl (C=O) groups is 1. The van der Waals surface area contributed by atoms with Crippen LogP contribution in [-0.4, -0.2) is 82.6 Å². The van der Waals surface area contributed by atoms with Crippen LogP contribution in [0.2, 0.25) is 0 Å². The molecule has 2 aromatic carbocycles. The number of para-hydroxylation sites is 2. The maximum Gasteiger partial charge on any atom is 0.387 e. The van der Waals surface area contributed by atoms with Crippen LogP contribution in [0.25, 0.3) is 10.9 Å². The van der Waals surface area contributed by atoms with E-state index in [4.69, 9.17) is 9.47 Å². The number of aromatic nitrogens is 4. The standard InChI is InChI=1S/C30H35F2N7O5/c1-42-25-15-21-23(16-26(25)43-12-4-9-39-10-7-19(17-40)8-11-39)33-18-34-29(21)36-27-13-20(37-38-27)14-28(41)35-22-5-2-3-6-24(22)44-30(31)32/h2-3,5-6,13,15-16,18-19,30,40H,4,7-12,14,17H2,1H3,(H,35,41)(H2,33,34,36,37,38). The van der Waals surface area contributed by atoms with Crippen molar-refractivity contribution in [1.82, 2.24) is 25.1 Å². The van der Waals surface area contributed by atoms with Crippen LogP contribution in [-0.2, 0) is 11.2 Å². The second-order valence-corrected chi connectivity index (χ2v) is 10.4. The summed E-state index contributed by atoms with van der Waals surface area (Å²) < 4.78 is 41.5. The summed E-state index contributed by atoms with van der Waals surface area (Å²) in [5.74, 6) is 1.86. The number of nitrogens with one attached hydrogen (secondary N) is 3. The summed E-state index contributed by atoms with van der Waals surface area (Å²) in [4.78, 5) is 23.7. The van der Waals surface area contributed by atoms with E-state index in [1.807, 2.05) is 6.07 Å². The second kappa shape index (κ2) is 14.8. The van der Waals surface area contributed by atoms with Crippen molar-refractivity contribution in [2.75, 3.05) is 50.6 Å². The van der Waals surface area contributed by atoms with Gasteiger partial charge >= 0.3 is 6.61 Å². The van der Waals surface area contributed by atoms with Gasteiger partial charge in [0.2, 0.25) is 5.91 Å². The number of rotatable bonds is 14. The number of carbonyl (C=O) groups excluding carboxylic acids is 1. The van der Waals surface area contributed by atoms with E-state index in [1.165, 1.54) is 24.5 Å². The Morgan fingerprint density at radius 1 is 1.14 bits per heavy atom. The molecule has 0 radical (unpaired) electrons. The Balaban J connectivity index is 1.19. The van der Waals surface area contributed by atoms with Crippen molar-refractivity contribution in [2.45, 2.75) is 32.3 Å². The van der Waals surface area contributed by atoms with Gasteiger partial charge in [-0.15, -0.1) is 0 Å². The molecule has 4 N–H and O–H groups in total. The molecule has 0 aliphatic carbocycles. The average Bonchev–Trinajstić information content (AvgIpc) is 3.46. The molecule has 0 saturated carbocycles. The Morgan fingerprint density at radius 3 is 2.73 bits per heavy atom. The summed E-state index contributed by atoms with van der Waals surface area (Å²) in [6.45, 7) is 0.695. The van der Waals surface area contributed by atoms with Crippen molar-refractivity contribution in [3.63, 3.8) is 0 Å². The SMILES string of the molecule is COc1cc2c(Nc3cc(CC(=O)Nc4ccccc4OC(F)F)[nH]n3)ncnc2cc1OCCCN1CCC(CO)CC1. The van der Waals surface area contributed by atoms with Gasteiger partial charge in [0.05, 0.1) is 31.3 Å². The van der Waals surface area contributed by atoms with Crippen molar-refractivity contribution >= 4 is 34.1 Å². The molecular weight excluding hydrogens is 576 g/mol. The summed E-state index contributed by atoms with van der Waals surface area (Å²) in [7, 11) is 1.57. The summed E-state index contributed by atoms with van der Waals surface area (Å²) in [5, 5.41) is 22.8. The first-order valence-corrected chi connectivity index (χ1v) is 14.4. The van der Waals surface area contributed by atoms with Crippen LogP contribution in [0.5, 0.6) is 17.2 Å². The summed E-state index contributed by atoms with van der Waals surface area (Å²) >= 11 is 0. The minimum atomic E-state index is -3.01. The molecule has 1 aliphatic rings. The molecule has 5 rings (SSSR count). The van der Waals surface area contributed by atoms with Crippen LogP contribution in [0.4, 0.5) is 26.1 Å². The number of aliphatic hydroxyl groups excluding tert-OH is 1. The van der Waals surface area contributed by atoms with Crippen molar-refractivity contribution < 1.29 is 32.9 Å². The maximum atomic E-state index is 12.7. The highest BCUT2D eigenvalue weighted by Gasteiger charge is 2.19. The lowest BCUT2D eigenvalue weighted by Gasteiger charge is -2.30. The number of benzene rings is 2. The number of halogens is 2. The third kappa shape index (κ3) is 8.08. The van der Waals surface area contributed by atoms with E-state index in [0.717, 1.165) is 38.9 Å². The highest BCUT2D eigenvalue weighted by atomic mass is 19.3. The molecular formula is C30H35F2N7O5. The highest BCUT2D eigenvalue weighted by molar-refractivity contribution is 5.94. The number of likely N-dealkylation sites (tertiary alicyclic amines) is 1. The zero-order chi connectivity index (χ0) is 30.9. The van der Waals surface area contributed by atoms with Crippen LogP contribution in [0.3, 0.4) is 0 Å². The Kier molecular flexibility index (Phi) is 10.4. The molecule has 1 saturated heterocycles.